The van der Waals surface area contributed by atoms with E-state index in [9.17, 15) is 5.11 Å². The minimum Gasteiger partial charge on any atom is -0.508 e. The lowest BCUT2D eigenvalue weighted by Crippen LogP contribution is -2.10. The van der Waals surface area contributed by atoms with Crippen LogP contribution >= 0.6 is 11.6 Å². The van der Waals surface area contributed by atoms with Crippen LogP contribution < -0.4 is 5.32 Å². The predicted octanol–water partition coefficient (Wildman–Crippen LogP) is 4.96. The van der Waals surface area contributed by atoms with Crippen molar-refractivity contribution in [2.24, 2.45) is 0 Å². The van der Waals surface area contributed by atoms with E-state index < -0.39 is 0 Å². The average molecular weight is 290 g/mol. The second kappa shape index (κ2) is 5.76. The quantitative estimate of drug-likeness (QED) is 0.837. The molecular formula is C17H20ClNO. The van der Waals surface area contributed by atoms with Gasteiger partial charge in [-0.3, -0.25) is 0 Å². The Morgan fingerprint density at radius 2 is 1.70 bits per heavy atom. The lowest BCUT2D eigenvalue weighted by molar-refractivity contribution is 0.469. The van der Waals surface area contributed by atoms with Crippen molar-refractivity contribution in [3.63, 3.8) is 0 Å². The number of nitrogens with one attached hydrogen (secondary N) is 1. The first-order valence-corrected chi connectivity index (χ1v) is 7.06. The van der Waals surface area contributed by atoms with Crippen molar-refractivity contribution < 1.29 is 5.11 Å². The van der Waals surface area contributed by atoms with Crippen molar-refractivity contribution in [2.75, 3.05) is 5.32 Å². The summed E-state index contributed by atoms with van der Waals surface area (Å²) in [5.74, 6) is 0.258. The third-order valence-electron chi connectivity index (χ3n) is 3.28. The molecule has 2 aromatic carbocycles. The summed E-state index contributed by atoms with van der Waals surface area (Å²) in [5, 5.41) is 13.7. The van der Waals surface area contributed by atoms with Gasteiger partial charge in [-0.2, -0.15) is 0 Å². The molecular weight excluding hydrogens is 270 g/mol. The maximum Gasteiger partial charge on any atom is 0.120 e. The summed E-state index contributed by atoms with van der Waals surface area (Å²) in [6, 6.07) is 13.4. The van der Waals surface area contributed by atoms with E-state index in [1.165, 1.54) is 5.56 Å². The van der Waals surface area contributed by atoms with Crippen LogP contribution in [0.4, 0.5) is 5.69 Å². The number of benzene rings is 2. The molecule has 0 aliphatic carbocycles. The molecule has 0 aliphatic rings. The molecule has 0 radical (unpaired) electrons. The Bertz CT molecular complexity index is 585. The molecule has 2 N–H and O–H groups in total. The van der Waals surface area contributed by atoms with Crippen LogP contribution in [0, 0.1) is 0 Å². The number of hydrogen-bond donors (Lipinski definition) is 2. The smallest absolute Gasteiger partial charge is 0.120 e. The maximum atomic E-state index is 9.77. The van der Waals surface area contributed by atoms with Gasteiger partial charge in [-0.05, 0) is 41.3 Å². The zero-order valence-corrected chi connectivity index (χ0v) is 12.8. The Morgan fingerprint density at radius 3 is 2.30 bits per heavy atom. The Labute approximate surface area is 125 Å². The molecule has 0 amide bonds. The highest BCUT2D eigenvalue weighted by Crippen LogP contribution is 2.25. The largest absolute Gasteiger partial charge is 0.508 e. The van der Waals surface area contributed by atoms with E-state index in [1.807, 2.05) is 0 Å². The van der Waals surface area contributed by atoms with Crippen LogP contribution in [-0.2, 0) is 12.0 Å². The van der Waals surface area contributed by atoms with Crippen LogP contribution in [0.25, 0.3) is 0 Å². The number of phenols is 1. The molecule has 106 valence electrons. The van der Waals surface area contributed by atoms with Gasteiger partial charge in [-0.1, -0.05) is 44.5 Å². The Balaban J connectivity index is 2.06. The molecule has 0 saturated carbocycles. The van der Waals surface area contributed by atoms with Crippen LogP contribution in [0.2, 0.25) is 5.02 Å². The van der Waals surface area contributed by atoms with Gasteiger partial charge in [0.2, 0.25) is 0 Å². The molecule has 2 aromatic rings. The molecule has 0 atom stereocenters. The van der Waals surface area contributed by atoms with Crippen molar-refractivity contribution in [1.82, 2.24) is 0 Å². The fourth-order valence-electron chi connectivity index (χ4n) is 1.98. The van der Waals surface area contributed by atoms with Crippen molar-refractivity contribution >= 4 is 17.3 Å². The van der Waals surface area contributed by atoms with E-state index in [2.05, 4.69) is 50.4 Å². The highest BCUT2D eigenvalue weighted by atomic mass is 35.5. The first kappa shape index (κ1) is 14.7. The van der Waals surface area contributed by atoms with E-state index in [4.69, 9.17) is 11.6 Å². The first-order chi connectivity index (χ1) is 9.36. The molecule has 0 spiro atoms. The van der Waals surface area contributed by atoms with E-state index in [-0.39, 0.29) is 11.2 Å². The Kier molecular flexibility index (Phi) is 4.24. The Hall–Kier alpha value is -1.67. The summed E-state index contributed by atoms with van der Waals surface area (Å²) in [4.78, 5) is 0. The molecule has 0 aliphatic heterocycles. The van der Waals surface area contributed by atoms with Gasteiger partial charge >= 0.3 is 0 Å². The third kappa shape index (κ3) is 3.67. The van der Waals surface area contributed by atoms with E-state index in [1.54, 1.807) is 18.2 Å². The lowest BCUT2D eigenvalue weighted by atomic mass is 9.87. The number of anilines is 1. The van der Waals surface area contributed by atoms with Crippen LogP contribution in [0.1, 0.15) is 31.9 Å². The summed E-state index contributed by atoms with van der Waals surface area (Å²) >= 11 is 5.93. The summed E-state index contributed by atoms with van der Waals surface area (Å²) in [7, 11) is 0. The van der Waals surface area contributed by atoms with Crippen LogP contribution in [0.5, 0.6) is 5.75 Å². The molecule has 0 heterocycles. The van der Waals surface area contributed by atoms with E-state index in [0.29, 0.717) is 11.6 Å². The molecule has 20 heavy (non-hydrogen) atoms. The van der Waals surface area contributed by atoms with Gasteiger partial charge in [0, 0.05) is 22.8 Å². The molecule has 3 heteroatoms. The van der Waals surface area contributed by atoms with Gasteiger partial charge in [0.15, 0.2) is 0 Å². The maximum absolute atomic E-state index is 9.77. The van der Waals surface area contributed by atoms with Crippen LogP contribution in [0.3, 0.4) is 0 Å². The average Bonchev–Trinajstić information content (AvgIpc) is 2.39. The summed E-state index contributed by atoms with van der Waals surface area (Å²) < 4.78 is 0. The summed E-state index contributed by atoms with van der Waals surface area (Å²) in [5.41, 5.74) is 3.27. The number of hydrogen-bond acceptors (Lipinski definition) is 2. The number of aromatic hydroxyl groups is 1. The second-order valence-corrected chi connectivity index (χ2v) is 6.39. The highest BCUT2D eigenvalue weighted by molar-refractivity contribution is 6.30. The minimum absolute atomic E-state index is 0.157. The third-order valence-corrected chi connectivity index (χ3v) is 3.51. The Morgan fingerprint density at radius 1 is 1.05 bits per heavy atom. The molecule has 2 nitrogen and oxygen atoms in total. The van der Waals surface area contributed by atoms with Crippen LogP contribution in [0.15, 0.2) is 42.5 Å². The number of halogens is 1. The molecule has 0 saturated heterocycles. The minimum atomic E-state index is 0.157. The molecule has 0 bridgehead atoms. The molecule has 0 fully saturated rings. The topological polar surface area (TPSA) is 32.3 Å². The fraction of sp³-hybridized carbons (Fsp3) is 0.294. The van der Waals surface area contributed by atoms with Gasteiger partial charge in [0.25, 0.3) is 0 Å². The van der Waals surface area contributed by atoms with Crippen molar-refractivity contribution in [2.45, 2.75) is 32.7 Å². The SMILES string of the molecule is CC(C)(C)c1ccc(NCc2cc(Cl)ccc2O)cc1. The first-order valence-electron chi connectivity index (χ1n) is 6.68. The van der Waals surface area contributed by atoms with Crippen molar-refractivity contribution in [3.8, 4) is 5.75 Å². The predicted molar refractivity (Wildman–Crippen MR) is 85.6 cm³/mol. The standard InChI is InChI=1S/C17H20ClNO/c1-17(2,3)13-4-7-15(8-5-13)19-11-12-10-14(18)6-9-16(12)20/h4-10,19-20H,11H2,1-3H3. The zero-order valence-electron chi connectivity index (χ0n) is 12.1. The van der Waals surface area contributed by atoms with Gasteiger partial charge in [-0.15, -0.1) is 0 Å². The van der Waals surface area contributed by atoms with E-state index >= 15 is 0 Å². The second-order valence-electron chi connectivity index (χ2n) is 5.95. The fourth-order valence-corrected chi connectivity index (χ4v) is 2.18. The van der Waals surface area contributed by atoms with Gasteiger partial charge in [0.1, 0.15) is 5.75 Å². The molecule has 0 aromatic heterocycles. The number of rotatable bonds is 3. The molecule has 2 rings (SSSR count). The summed E-state index contributed by atoms with van der Waals surface area (Å²) in [6.45, 7) is 7.12. The lowest BCUT2D eigenvalue weighted by Gasteiger charge is -2.19. The number of phenolic OH excluding ortho intramolecular Hbond substituents is 1. The van der Waals surface area contributed by atoms with Gasteiger partial charge in [0.05, 0.1) is 0 Å². The van der Waals surface area contributed by atoms with Gasteiger partial charge in [-0.25, -0.2) is 0 Å². The highest BCUT2D eigenvalue weighted by Gasteiger charge is 2.12. The van der Waals surface area contributed by atoms with Crippen molar-refractivity contribution in [1.29, 1.82) is 0 Å². The molecule has 0 unspecified atom stereocenters. The van der Waals surface area contributed by atoms with Crippen molar-refractivity contribution in [3.05, 3.63) is 58.6 Å². The zero-order chi connectivity index (χ0) is 14.8. The van der Waals surface area contributed by atoms with Gasteiger partial charge < -0.3 is 10.4 Å². The van der Waals surface area contributed by atoms with Crippen LogP contribution in [-0.4, -0.2) is 5.11 Å². The normalized spacial score (nSPS) is 11.4. The van der Waals surface area contributed by atoms with E-state index in [0.717, 1.165) is 11.3 Å². The monoisotopic (exact) mass is 289 g/mol. The summed E-state index contributed by atoms with van der Waals surface area (Å²) in [6.07, 6.45) is 0.